The minimum atomic E-state index is -4.55. The number of fused-ring (bicyclic) bond motifs is 4. The number of urea groups is 1. The first-order chi connectivity index (χ1) is 15.7. The maximum absolute atomic E-state index is 13.2. The Morgan fingerprint density at radius 3 is 2.85 bits per heavy atom. The van der Waals surface area contributed by atoms with Crippen molar-refractivity contribution >= 4 is 29.3 Å². The average molecular weight is 466 g/mol. The van der Waals surface area contributed by atoms with Crippen LogP contribution in [0.2, 0.25) is 0 Å². The van der Waals surface area contributed by atoms with E-state index in [1.165, 1.54) is 23.2 Å². The molecule has 1 saturated heterocycles. The number of ether oxygens (including phenoxy) is 1. The molecular weight excluding hydrogens is 445 g/mol. The maximum atomic E-state index is 13.2. The summed E-state index contributed by atoms with van der Waals surface area (Å²) in [7, 11) is 0. The van der Waals surface area contributed by atoms with Gasteiger partial charge in [0.05, 0.1) is 18.3 Å². The van der Waals surface area contributed by atoms with Crippen LogP contribution in [0, 0.1) is 0 Å². The zero-order valence-electron chi connectivity index (χ0n) is 17.3. The summed E-state index contributed by atoms with van der Waals surface area (Å²) in [5.41, 5.74) is 0.384. The number of anilines is 3. The Bertz CT molecular complexity index is 1050. The second kappa shape index (κ2) is 9.10. The molecule has 3 N–H and O–H groups in total. The maximum Gasteiger partial charge on any atom is 0.405 e. The average Bonchev–Trinajstić information content (AvgIpc) is 3.19. The molecule has 0 aromatic carbocycles. The fourth-order valence-corrected chi connectivity index (χ4v) is 3.77. The molecule has 176 valence electrons. The summed E-state index contributed by atoms with van der Waals surface area (Å²) in [5, 5.41) is 13.3. The highest BCUT2D eigenvalue weighted by molar-refractivity contribution is 6.05. The van der Waals surface area contributed by atoms with Gasteiger partial charge in [-0.05, 0) is 24.6 Å². The van der Waals surface area contributed by atoms with Crippen molar-refractivity contribution in [3.8, 4) is 5.75 Å². The number of carbonyl (C=O) groups is 2. The zero-order chi connectivity index (χ0) is 23.6. The molecule has 4 rings (SSSR count). The molecule has 0 spiro atoms. The first-order valence-electron chi connectivity index (χ1n) is 10.2. The normalized spacial score (nSPS) is 16.9. The molecule has 2 aromatic heterocycles. The van der Waals surface area contributed by atoms with E-state index in [2.05, 4.69) is 15.3 Å². The van der Waals surface area contributed by atoms with Crippen molar-refractivity contribution in [1.29, 1.82) is 0 Å². The molecule has 0 saturated carbocycles. The van der Waals surface area contributed by atoms with Crippen molar-refractivity contribution in [1.82, 2.24) is 15.3 Å². The van der Waals surface area contributed by atoms with Gasteiger partial charge in [0.2, 0.25) is 0 Å². The van der Waals surface area contributed by atoms with E-state index in [1.54, 1.807) is 17.4 Å². The zero-order valence-corrected chi connectivity index (χ0v) is 17.3. The molecule has 2 aliphatic rings. The first-order valence-corrected chi connectivity index (χ1v) is 10.2. The van der Waals surface area contributed by atoms with Crippen LogP contribution >= 0.6 is 0 Å². The van der Waals surface area contributed by atoms with Gasteiger partial charge in [0.25, 0.3) is 5.91 Å². The number of nitrogens with one attached hydrogen (secondary N) is 2. The Morgan fingerprint density at radius 1 is 1.27 bits per heavy atom. The van der Waals surface area contributed by atoms with Gasteiger partial charge in [-0.25, -0.2) is 14.8 Å². The predicted molar refractivity (Wildman–Crippen MR) is 112 cm³/mol. The fraction of sp³-hybridized carbons (Fsp3) is 0.400. The third kappa shape index (κ3) is 5.08. The lowest BCUT2D eigenvalue weighted by Crippen LogP contribution is -2.48. The number of amides is 3. The van der Waals surface area contributed by atoms with E-state index in [4.69, 9.17) is 9.84 Å². The molecule has 0 aliphatic carbocycles. The van der Waals surface area contributed by atoms with Crippen molar-refractivity contribution in [2.24, 2.45) is 0 Å². The van der Waals surface area contributed by atoms with Crippen LogP contribution in [-0.2, 0) is 0 Å². The number of halogens is 3. The molecule has 0 radical (unpaired) electrons. The lowest BCUT2D eigenvalue weighted by molar-refractivity contribution is -0.123. The van der Waals surface area contributed by atoms with Crippen LogP contribution in [0.15, 0.2) is 30.5 Å². The van der Waals surface area contributed by atoms with Crippen molar-refractivity contribution < 1.29 is 32.6 Å². The minimum Gasteiger partial charge on any atom is -0.491 e. The summed E-state index contributed by atoms with van der Waals surface area (Å²) in [5.74, 6) is -0.189. The highest BCUT2D eigenvalue weighted by atomic mass is 19.4. The van der Waals surface area contributed by atoms with Crippen LogP contribution in [0.3, 0.4) is 0 Å². The van der Waals surface area contributed by atoms with E-state index in [0.717, 1.165) is 0 Å². The van der Waals surface area contributed by atoms with Crippen molar-refractivity contribution in [3.05, 3.63) is 36.2 Å². The smallest absolute Gasteiger partial charge is 0.405 e. The van der Waals surface area contributed by atoms with Crippen molar-refractivity contribution in [2.45, 2.75) is 18.6 Å². The van der Waals surface area contributed by atoms with Gasteiger partial charge < -0.3 is 20.1 Å². The third-order valence-electron chi connectivity index (χ3n) is 5.18. The second-order valence-electron chi connectivity index (χ2n) is 7.47. The Morgan fingerprint density at radius 2 is 2.09 bits per heavy atom. The quantitative estimate of drug-likeness (QED) is 0.594. The Kier molecular flexibility index (Phi) is 6.22. The number of pyridine rings is 2. The van der Waals surface area contributed by atoms with Gasteiger partial charge >= 0.3 is 12.2 Å². The Balaban J connectivity index is 1.57. The highest BCUT2D eigenvalue weighted by Gasteiger charge is 2.40. The predicted octanol–water partition coefficient (Wildman–Crippen LogP) is 1.77. The summed E-state index contributed by atoms with van der Waals surface area (Å²) >= 11 is 0. The summed E-state index contributed by atoms with van der Waals surface area (Å²) in [6.45, 7) is -0.334. The van der Waals surface area contributed by atoms with Gasteiger partial charge in [-0.3, -0.25) is 15.0 Å². The third-order valence-corrected chi connectivity index (χ3v) is 5.18. The molecule has 33 heavy (non-hydrogen) atoms. The van der Waals surface area contributed by atoms with Crippen LogP contribution in [0.5, 0.6) is 5.75 Å². The van der Waals surface area contributed by atoms with Gasteiger partial charge in [-0.1, -0.05) is 0 Å². The minimum absolute atomic E-state index is 0.0813. The van der Waals surface area contributed by atoms with Crippen LogP contribution in [0.4, 0.5) is 35.3 Å². The second-order valence-corrected chi connectivity index (χ2v) is 7.47. The number of nitrogens with zero attached hydrogens (tertiary/aromatic N) is 4. The van der Waals surface area contributed by atoms with Gasteiger partial charge in [0, 0.05) is 25.4 Å². The number of hydrogen-bond donors (Lipinski definition) is 3. The van der Waals surface area contributed by atoms with Crippen molar-refractivity contribution in [3.63, 3.8) is 0 Å². The molecular formula is C20H21F3N6O4. The standard InChI is InChI=1S/C20H21F3N6O4/c21-20(22,23)11-25-18(31)14-1-2-15-17(26-14)29(12-4-6-28(15)10-12)19(32)27-16-9-13(3-5-24-16)33-8-7-30/h1-3,5,9,12,30H,4,6-8,10-11H2,(H,25,31)(H,24,27,32). The molecule has 1 fully saturated rings. The Hall–Kier alpha value is -3.61. The molecule has 2 aliphatic heterocycles. The van der Waals surface area contributed by atoms with Gasteiger partial charge in [-0.2, -0.15) is 13.2 Å². The monoisotopic (exact) mass is 466 g/mol. The SMILES string of the molecule is O=C(NCC(F)(F)F)c1ccc2c(n1)N(C(=O)Nc1cc(OCCO)ccn1)C1CCN2C1. The van der Waals surface area contributed by atoms with Crippen LogP contribution in [0.25, 0.3) is 0 Å². The van der Waals surface area contributed by atoms with Crippen LogP contribution < -0.4 is 25.2 Å². The number of carbonyl (C=O) groups excluding carboxylic acids is 2. The largest absolute Gasteiger partial charge is 0.491 e. The van der Waals surface area contributed by atoms with Gasteiger partial charge in [-0.15, -0.1) is 0 Å². The van der Waals surface area contributed by atoms with Crippen molar-refractivity contribution in [2.75, 3.05) is 48.0 Å². The Labute approximate surface area is 186 Å². The summed E-state index contributed by atoms with van der Waals surface area (Å²) in [6, 6.07) is 5.21. The molecule has 2 bridgehead atoms. The molecule has 1 unspecified atom stereocenters. The summed E-state index contributed by atoms with van der Waals surface area (Å²) in [6.07, 6.45) is -2.46. The molecule has 13 heteroatoms. The van der Waals surface area contributed by atoms with E-state index in [1.807, 2.05) is 4.90 Å². The summed E-state index contributed by atoms with van der Waals surface area (Å²) in [4.78, 5) is 37.1. The van der Waals surface area contributed by atoms with E-state index in [-0.39, 0.29) is 36.6 Å². The van der Waals surface area contributed by atoms with E-state index < -0.39 is 24.7 Å². The van der Waals surface area contributed by atoms with E-state index >= 15 is 0 Å². The number of aliphatic hydroxyl groups excluding tert-OH is 1. The number of rotatable bonds is 6. The molecule has 3 amide bonds. The first kappa shape index (κ1) is 22.6. The lowest BCUT2D eigenvalue weighted by atomic mass is 10.1. The van der Waals surface area contributed by atoms with E-state index in [0.29, 0.717) is 30.9 Å². The topological polar surface area (TPSA) is 120 Å². The van der Waals surface area contributed by atoms with Crippen LogP contribution in [0.1, 0.15) is 16.9 Å². The van der Waals surface area contributed by atoms with E-state index in [9.17, 15) is 22.8 Å². The van der Waals surface area contributed by atoms with Gasteiger partial charge in [0.15, 0.2) is 5.82 Å². The molecule has 1 atom stereocenters. The van der Waals surface area contributed by atoms with Crippen LogP contribution in [-0.4, -0.2) is 72.1 Å². The number of hydrogen-bond acceptors (Lipinski definition) is 7. The molecule has 2 aromatic rings. The number of aromatic nitrogens is 2. The fourth-order valence-electron chi connectivity index (χ4n) is 3.77. The summed E-state index contributed by atoms with van der Waals surface area (Å²) < 4.78 is 42.7. The molecule has 4 heterocycles. The number of aliphatic hydroxyl groups is 1. The molecule has 10 nitrogen and oxygen atoms in total. The number of alkyl halides is 3. The van der Waals surface area contributed by atoms with Gasteiger partial charge in [0.1, 0.15) is 30.4 Å². The lowest BCUT2D eigenvalue weighted by Gasteiger charge is -2.35. The highest BCUT2D eigenvalue weighted by Crippen LogP contribution is 2.39.